The predicted octanol–water partition coefficient (Wildman–Crippen LogP) is 1.44. The van der Waals surface area contributed by atoms with Crippen LogP contribution in [0.25, 0.3) is 10.9 Å². The number of aromatic nitrogens is 2. The molecule has 7 heteroatoms. The van der Waals surface area contributed by atoms with E-state index in [-0.39, 0.29) is 12.1 Å². The minimum atomic E-state index is -1.28. The molecular formula is C11H8F2N2O3. The van der Waals surface area contributed by atoms with Crippen molar-refractivity contribution < 1.29 is 18.4 Å². The van der Waals surface area contributed by atoms with Crippen LogP contribution in [0.5, 0.6) is 0 Å². The van der Waals surface area contributed by atoms with E-state index in [1.807, 2.05) is 0 Å². The van der Waals surface area contributed by atoms with E-state index in [9.17, 15) is 18.5 Å². The van der Waals surface area contributed by atoms with E-state index < -0.39 is 33.3 Å². The highest BCUT2D eigenvalue weighted by Gasteiger charge is 2.20. The summed E-state index contributed by atoms with van der Waals surface area (Å²) < 4.78 is 31.5. The third kappa shape index (κ3) is 1.83. The molecule has 5 nitrogen and oxygen atoms in total. The molecule has 1 aromatic heterocycles. The number of ether oxygens (including phenoxy) is 1. The summed E-state index contributed by atoms with van der Waals surface area (Å²) in [5.41, 5.74) is -1.38. The third-order valence-corrected chi connectivity index (χ3v) is 2.25. The minimum Gasteiger partial charge on any atom is -0.460 e. The molecule has 0 atom stereocenters. The molecule has 0 N–H and O–H groups in total. The number of hydrogen-bond acceptors (Lipinski definition) is 4. The molecule has 0 amide bonds. The summed E-state index contributed by atoms with van der Waals surface area (Å²) in [5.74, 6) is -2.78. The van der Waals surface area contributed by atoms with Crippen molar-refractivity contribution in [2.45, 2.75) is 6.92 Å². The van der Waals surface area contributed by atoms with Gasteiger partial charge in [-0.15, -0.1) is 4.79 Å². The molecule has 1 aromatic carbocycles. The van der Waals surface area contributed by atoms with Gasteiger partial charge in [0.05, 0.1) is 12.1 Å². The van der Waals surface area contributed by atoms with Crippen LogP contribution in [0.15, 0.2) is 23.0 Å². The summed E-state index contributed by atoms with van der Waals surface area (Å²) in [5, 5.41) is -0.506. The highest BCUT2D eigenvalue weighted by Crippen LogP contribution is 2.12. The van der Waals surface area contributed by atoms with Crippen LogP contribution < -0.4 is 5.56 Å². The van der Waals surface area contributed by atoms with Crippen molar-refractivity contribution in [2.24, 2.45) is 0 Å². The van der Waals surface area contributed by atoms with Crippen molar-refractivity contribution >= 4 is 16.9 Å². The molecule has 0 radical (unpaired) electrons. The number of benzene rings is 1. The van der Waals surface area contributed by atoms with Gasteiger partial charge in [0, 0.05) is 0 Å². The second-order valence-electron chi connectivity index (χ2n) is 3.38. The van der Waals surface area contributed by atoms with Crippen LogP contribution in [0.1, 0.15) is 17.5 Å². The second kappa shape index (κ2) is 4.52. The van der Waals surface area contributed by atoms with Gasteiger partial charge >= 0.3 is 5.97 Å². The topological polar surface area (TPSA) is 61.2 Å². The Morgan fingerprint density at radius 1 is 1.50 bits per heavy atom. The summed E-state index contributed by atoms with van der Waals surface area (Å²) in [7, 11) is 0. The van der Waals surface area contributed by atoms with E-state index in [2.05, 4.69) is 9.72 Å². The molecule has 0 aliphatic rings. The average molecular weight is 254 g/mol. The monoisotopic (exact) mass is 254 g/mol. The molecule has 2 aromatic rings. The maximum atomic E-state index is 13.6. The number of nitrogens with zero attached hydrogens (tertiary/aromatic N) is 2. The largest absolute Gasteiger partial charge is 0.460 e. The molecule has 0 aliphatic carbocycles. The Bertz CT molecular complexity index is 682. The fourth-order valence-corrected chi connectivity index (χ4v) is 1.49. The summed E-state index contributed by atoms with van der Waals surface area (Å²) in [6.07, 6.45) is 0. The van der Waals surface area contributed by atoms with E-state index in [0.717, 1.165) is 6.07 Å². The smallest absolute Gasteiger partial charge is 0.377 e. The zero-order chi connectivity index (χ0) is 13.3. The van der Waals surface area contributed by atoms with E-state index in [0.29, 0.717) is 0 Å². The fourth-order valence-electron chi connectivity index (χ4n) is 1.49. The van der Waals surface area contributed by atoms with Gasteiger partial charge in [-0.25, -0.2) is 14.2 Å². The molecule has 0 fully saturated rings. The Kier molecular flexibility index (Phi) is 3.05. The summed E-state index contributed by atoms with van der Waals surface area (Å²) >= 11 is 0. The Morgan fingerprint density at radius 3 is 2.89 bits per heavy atom. The number of esters is 1. The van der Waals surface area contributed by atoms with Gasteiger partial charge in [-0.05, 0) is 19.1 Å². The van der Waals surface area contributed by atoms with Crippen molar-refractivity contribution in [1.29, 1.82) is 0 Å². The van der Waals surface area contributed by atoms with Crippen LogP contribution in [0.3, 0.4) is 0 Å². The predicted molar refractivity (Wildman–Crippen MR) is 58.4 cm³/mol. The molecule has 0 spiro atoms. The maximum absolute atomic E-state index is 13.6. The van der Waals surface area contributed by atoms with Gasteiger partial charge in [0.25, 0.3) is 11.4 Å². The molecule has 0 aliphatic heterocycles. The van der Waals surface area contributed by atoms with Gasteiger partial charge in [0.15, 0.2) is 0 Å². The summed E-state index contributed by atoms with van der Waals surface area (Å²) in [6, 6.07) is 3.62. The molecule has 0 saturated carbocycles. The number of carbonyl (C=O) groups is 1. The molecule has 18 heavy (non-hydrogen) atoms. The number of carbonyl (C=O) groups excluding carboxylic acids is 1. The number of fused-ring (bicyclic) bond motifs is 1. The lowest BCUT2D eigenvalue weighted by atomic mass is 10.2. The molecular weight excluding hydrogens is 246 g/mol. The zero-order valence-electron chi connectivity index (χ0n) is 9.31. The second-order valence-corrected chi connectivity index (χ2v) is 3.38. The number of rotatable bonds is 2. The third-order valence-electron chi connectivity index (χ3n) is 2.25. The van der Waals surface area contributed by atoms with Crippen LogP contribution >= 0.6 is 0 Å². The van der Waals surface area contributed by atoms with E-state index in [1.165, 1.54) is 19.1 Å². The van der Waals surface area contributed by atoms with Gasteiger partial charge in [0.2, 0.25) is 0 Å². The first-order chi connectivity index (χ1) is 8.56. The number of hydrogen-bond donors (Lipinski definition) is 0. The SMILES string of the molecule is CCOC(=O)c1nc2cccc(F)c2c(=O)n1F. The van der Waals surface area contributed by atoms with Crippen molar-refractivity contribution in [2.75, 3.05) is 6.61 Å². The molecule has 1 heterocycles. The van der Waals surface area contributed by atoms with Crippen molar-refractivity contribution in [3.05, 3.63) is 40.2 Å². The first kappa shape index (κ1) is 12.2. The Labute approximate surface area is 99.6 Å². The standard InChI is InChI=1S/C11H8F2N2O3/c1-2-18-11(17)9-14-7-5-3-4-6(12)8(7)10(16)15(9)13/h3-5H,2H2,1H3. The van der Waals surface area contributed by atoms with Crippen LogP contribution in [-0.2, 0) is 4.74 Å². The molecule has 0 unspecified atom stereocenters. The number of halogens is 2. The average Bonchev–Trinajstić information content (AvgIpc) is 2.33. The normalized spacial score (nSPS) is 10.6. The first-order valence-electron chi connectivity index (χ1n) is 5.10. The zero-order valence-corrected chi connectivity index (χ0v) is 9.31. The van der Waals surface area contributed by atoms with Gasteiger partial charge in [-0.2, -0.15) is 0 Å². The maximum Gasteiger partial charge on any atom is 0.377 e. The summed E-state index contributed by atoms with van der Waals surface area (Å²) in [6.45, 7) is 1.54. The Balaban J connectivity index is 2.76. The fraction of sp³-hybridized carbons (Fsp3) is 0.182. The Morgan fingerprint density at radius 2 is 2.22 bits per heavy atom. The highest BCUT2D eigenvalue weighted by atomic mass is 19.2. The highest BCUT2D eigenvalue weighted by molar-refractivity contribution is 5.88. The summed E-state index contributed by atoms with van der Waals surface area (Å²) in [4.78, 5) is 26.0. The lowest BCUT2D eigenvalue weighted by Crippen LogP contribution is -2.24. The molecule has 2 rings (SSSR count). The minimum absolute atomic E-state index is 0.00981. The first-order valence-corrected chi connectivity index (χ1v) is 5.10. The molecule has 94 valence electrons. The van der Waals surface area contributed by atoms with Gasteiger partial charge in [0.1, 0.15) is 11.2 Å². The quantitative estimate of drug-likeness (QED) is 0.761. The van der Waals surface area contributed by atoms with Crippen LogP contribution in [0.2, 0.25) is 0 Å². The van der Waals surface area contributed by atoms with Crippen molar-refractivity contribution in [1.82, 2.24) is 9.77 Å². The van der Waals surface area contributed by atoms with Crippen LogP contribution in [-0.4, -0.2) is 22.3 Å². The van der Waals surface area contributed by atoms with Gasteiger partial charge in [-0.1, -0.05) is 10.5 Å². The molecule has 0 bridgehead atoms. The van der Waals surface area contributed by atoms with E-state index in [1.54, 1.807) is 0 Å². The molecule has 0 saturated heterocycles. The Hall–Kier alpha value is -2.31. The van der Waals surface area contributed by atoms with E-state index in [4.69, 9.17) is 0 Å². The lowest BCUT2D eigenvalue weighted by Gasteiger charge is -2.05. The van der Waals surface area contributed by atoms with E-state index >= 15 is 0 Å². The van der Waals surface area contributed by atoms with Crippen LogP contribution in [0.4, 0.5) is 8.87 Å². The van der Waals surface area contributed by atoms with Crippen LogP contribution in [0, 0.1) is 5.82 Å². The lowest BCUT2D eigenvalue weighted by molar-refractivity contribution is 0.0489. The van der Waals surface area contributed by atoms with Crippen molar-refractivity contribution in [3.63, 3.8) is 0 Å². The van der Waals surface area contributed by atoms with Crippen molar-refractivity contribution in [3.8, 4) is 0 Å². The van der Waals surface area contributed by atoms with Gasteiger partial charge in [-0.3, -0.25) is 4.79 Å². The van der Waals surface area contributed by atoms with Gasteiger partial charge < -0.3 is 4.74 Å².